The summed E-state index contributed by atoms with van der Waals surface area (Å²) in [6.07, 6.45) is 1.98. The molecule has 144 valence electrons. The molecule has 2 aromatic carbocycles. The van der Waals surface area contributed by atoms with Crippen LogP contribution < -0.4 is 4.74 Å². The summed E-state index contributed by atoms with van der Waals surface area (Å²) >= 11 is 0. The van der Waals surface area contributed by atoms with Crippen LogP contribution in [0.15, 0.2) is 48.5 Å². The molecule has 1 aliphatic rings. The number of nitrogens with zero attached hydrogens (tertiary/aromatic N) is 2. The molecule has 0 saturated carbocycles. The number of imide groups is 1. The highest BCUT2D eigenvalue weighted by Crippen LogP contribution is 2.23. The fraction of sp³-hybridized carbons (Fsp3) is 0.250. The van der Waals surface area contributed by atoms with E-state index in [1.165, 1.54) is 29.2 Å². The number of carbonyl (C=O) groups is 3. The molecule has 0 unspecified atom stereocenters. The Bertz CT molecular complexity index is 888. The van der Waals surface area contributed by atoms with Crippen LogP contribution in [0, 0.1) is 10.1 Å². The van der Waals surface area contributed by atoms with Crippen LogP contribution in [0.4, 0.5) is 5.69 Å². The van der Waals surface area contributed by atoms with Crippen molar-refractivity contribution in [1.82, 2.24) is 4.90 Å². The van der Waals surface area contributed by atoms with Crippen molar-refractivity contribution < 1.29 is 24.0 Å². The third kappa shape index (κ3) is 4.22. The molecule has 0 spiro atoms. The zero-order valence-electron chi connectivity index (χ0n) is 15.0. The van der Waals surface area contributed by atoms with Crippen LogP contribution in [0.5, 0.6) is 5.75 Å². The summed E-state index contributed by atoms with van der Waals surface area (Å²) in [6, 6.07) is 12.0. The normalized spacial score (nSPS) is 12.8. The number of amides is 2. The Hall–Kier alpha value is -3.55. The van der Waals surface area contributed by atoms with Crippen molar-refractivity contribution in [2.75, 3.05) is 6.54 Å². The molecule has 8 nitrogen and oxygen atoms in total. The molecule has 0 atom stereocenters. The largest absolute Gasteiger partial charge is 0.427 e. The second kappa shape index (κ2) is 8.43. The van der Waals surface area contributed by atoms with Crippen LogP contribution in [-0.2, 0) is 4.79 Å². The molecule has 8 heteroatoms. The lowest BCUT2D eigenvalue weighted by Gasteiger charge is -2.13. The number of esters is 1. The van der Waals surface area contributed by atoms with Crippen LogP contribution in [0.25, 0.3) is 0 Å². The molecule has 1 aliphatic heterocycles. The Kier molecular flexibility index (Phi) is 5.78. The number of nitro benzene ring substituents is 1. The second-order valence-electron chi connectivity index (χ2n) is 6.34. The minimum atomic E-state index is -0.528. The highest BCUT2D eigenvalue weighted by molar-refractivity contribution is 6.21. The number of non-ortho nitro benzene ring substituents is 1. The van der Waals surface area contributed by atoms with E-state index in [1.807, 2.05) is 0 Å². The van der Waals surface area contributed by atoms with E-state index in [4.69, 9.17) is 4.74 Å². The molecule has 3 rings (SSSR count). The molecule has 0 aromatic heterocycles. The van der Waals surface area contributed by atoms with Crippen LogP contribution >= 0.6 is 0 Å². The van der Waals surface area contributed by atoms with E-state index in [2.05, 4.69) is 0 Å². The third-order valence-corrected chi connectivity index (χ3v) is 4.42. The van der Waals surface area contributed by atoms with Crippen molar-refractivity contribution in [1.29, 1.82) is 0 Å². The van der Waals surface area contributed by atoms with E-state index in [-0.39, 0.29) is 29.7 Å². The maximum atomic E-state index is 12.2. The molecule has 2 aromatic rings. The quantitative estimate of drug-likeness (QED) is 0.173. The molecule has 0 fully saturated rings. The number of hydrogen-bond donors (Lipinski definition) is 0. The minimum absolute atomic E-state index is 0.0760. The molecule has 0 radical (unpaired) electrons. The van der Waals surface area contributed by atoms with Gasteiger partial charge in [0.2, 0.25) is 0 Å². The molecule has 0 saturated heterocycles. The topological polar surface area (TPSA) is 107 Å². The van der Waals surface area contributed by atoms with Crippen molar-refractivity contribution in [3.05, 3.63) is 69.8 Å². The molecule has 0 aliphatic carbocycles. The summed E-state index contributed by atoms with van der Waals surface area (Å²) in [5, 5.41) is 10.6. The van der Waals surface area contributed by atoms with E-state index in [9.17, 15) is 24.5 Å². The fourth-order valence-electron chi connectivity index (χ4n) is 2.98. The van der Waals surface area contributed by atoms with Crippen molar-refractivity contribution in [3.63, 3.8) is 0 Å². The van der Waals surface area contributed by atoms with E-state index >= 15 is 0 Å². The number of nitro groups is 1. The first-order valence-corrected chi connectivity index (χ1v) is 8.88. The Morgan fingerprint density at radius 3 is 2.11 bits per heavy atom. The Morgan fingerprint density at radius 2 is 1.54 bits per heavy atom. The average Bonchev–Trinajstić information content (AvgIpc) is 2.93. The second-order valence-corrected chi connectivity index (χ2v) is 6.34. The SMILES string of the molecule is O=C(CCCCCN1C(=O)c2ccccc2C1=O)Oc1ccc([N+](=O)[O-])cc1. The van der Waals surface area contributed by atoms with Gasteiger partial charge in [0.15, 0.2) is 0 Å². The van der Waals surface area contributed by atoms with Crippen molar-refractivity contribution in [3.8, 4) is 5.75 Å². The molecular formula is C20H18N2O6. The molecule has 2 amide bonds. The summed E-state index contributed by atoms with van der Waals surface area (Å²) in [4.78, 5) is 47.6. The van der Waals surface area contributed by atoms with Gasteiger partial charge in [-0.15, -0.1) is 0 Å². The summed E-state index contributed by atoms with van der Waals surface area (Å²) < 4.78 is 5.13. The monoisotopic (exact) mass is 382 g/mol. The minimum Gasteiger partial charge on any atom is -0.427 e. The summed E-state index contributed by atoms with van der Waals surface area (Å²) in [6.45, 7) is 0.309. The predicted octanol–water partition coefficient (Wildman–Crippen LogP) is 3.36. The highest BCUT2D eigenvalue weighted by atomic mass is 16.6. The number of hydrogen-bond acceptors (Lipinski definition) is 6. The summed E-state index contributed by atoms with van der Waals surface area (Å²) in [7, 11) is 0. The molecule has 1 heterocycles. The molecular weight excluding hydrogens is 364 g/mol. The van der Waals surface area contributed by atoms with Gasteiger partial charge in [0.1, 0.15) is 5.75 Å². The van der Waals surface area contributed by atoms with Gasteiger partial charge in [0.25, 0.3) is 17.5 Å². The third-order valence-electron chi connectivity index (χ3n) is 4.42. The van der Waals surface area contributed by atoms with Gasteiger partial charge in [-0.25, -0.2) is 0 Å². The molecule has 0 N–H and O–H groups in total. The number of unbranched alkanes of at least 4 members (excludes halogenated alkanes) is 2. The lowest BCUT2D eigenvalue weighted by Crippen LogP contribution is -2.30. The zero-order valence-corrected chi connectivity index (χ0v) is 15.0. The maximum absolute atomic E-state index is 12.2. The number of rotatable bonds is 8. The van der Waals surface area contributed by atoms with Gasteiger partial charge in [0, 0.05) is 25.1 Å². The highest BCUT2D eigenvalue weighted by Gasteiger charge is 2.34. The average molecular weight is 382 g/mol. The molecule has 0 bridgehead atoms. The van der Waals surface area contributed by atoms with Gasteiger partial charge in [-0.05, 0) is 37.1 Å². The zero-order chi connectivity index (χ0) is 20.1. The number of ether oxygens (including phenoxy) is 1. The van der Waals surface area contributed by atoms with E-state index in [0.29, 0.717) is 36.9 Å². The Morgan fingerprint density at radius 1 is 0.929 bits per heavy atom. The first-order chi connectivity index (χ1) is 13.5. The smallest absolute Gasteiger partial charge is 0.311 e. The van der Waals surface area contributed by atoms with Crippen LogP contribution in [0.3, 0.4) is 0 Å². The van der Waals surface area contributed by atoms with Crippen LogP contribution in [0.2, 0.25) is 0 Å². The lowest BCUT2D eigenvalue weighted by molar-refractivity contribution is -0.384. The van der Waals surface area contributed by atoms with E-state index in [0.717, 1.165) is 0 Å². The van der Waals surface area contributed by atoms with Gasteiger partial charge in [-0.2, -0.15) is 0 Å². The van der Waals surface area contributed by atoms with E-state index in [1.54, 1.807) is 24.3 Å². The van der Waals surface area contributed by atoms with Crippen molar-refractivity contribution >= 4 is 23.5 Å². The first kappa shape index (κ1) is 19.2. The van der Waals surface area contributed by atoms with Crippen molar-refractivity contribution in [2.45, 2.75) is 25.7 Å². The molecule has 28 heavy (non-hydrogen) atoms. The Labute approximate surface area is 160 Å². The van der Waals surface area contributed by atoms with E-state index < -0.39 is 10.9 Å². The van der Waals surface area contributed by atoms with Gasteiger partial charge >= 0.3 is 5.97 Å². The van der Waals surface area contributed by atoms with Gasteiger partial charge in [0.05, 0.1) is 16.1 Å². The summed E-state index contributed by atoms with van der Waals surface area (Å²) in [5.41, 5.74) is 0.784. The summed E-state index contributed by atoms with van der Waals surface area (Å²) in [5.74, 6) is -0.743. The van der Waals surface area contributed by atoms with Gasteiger partial charge in [-0.1, -0.05) is 18.6 Å². The number of fused-ring (bicyclic) bond motifs is 1. The van der Waals surface area contributed by atoms with Crippen LogP contribution in [0.1, 0.15) is 46.4 Å². The van der Waals surface area contributed by atoms with Crippen molar-refractivity contribution in [2.24, 2.45) is 0 Å². The number of carbonyl (C=O) groups excluding carboxylic acids is 3. The maximum Gasteiger partial charge on any atom is 0.311 e. The first-order valence-electron chi connectivity index (χ1n) is 8.88. The lowest BCUT2D eigenvalue weighted by atomic mass is 10.1. The van der Waals surface area contributed by atoms with Gasteiger partial charge in [-0.3, -0.25) is 29.4 Å². The standard InChI is InChI=1S/C20H18N2O6/c23-18(28-15-11-9-14(10-12-15)22(26)27)8-2-1-5-13-21-19(24)16-6-3-4-7-17(16)20(21)25/h3-4,6-7,9-12H,1-2,5,8,13H2. The van der Waals surface area contributed by atoms with Crippen LogP contribution in [-0.4, -0.2) is 34.2 Å². The Balaban J connectivity index is 1.38. The predicted molar refractivity (Wildman–Crippen MR) is 99.0 cm³/mol. The number of benzene rings is 2. The fourth-order valence-corrected chi connectivity index (χ4v) is 2.98. The van der Waals surface area contributed by atoms with Gasteiger partial charge < -0.3 is 4.74 Å².